The monoisotopic (exact) mass is 381 g/mol. The van der Waals surface area contributed by atoms with E-state index in [4.69, 9.17) is 0 Å². The van der Waals surface area contributed by atoms with Crippen LogP contribution in [0.4, 0.5) is 19.0 Å². The molecular formula is C14H18F3N3O4S. The minimum Gasteiger partial charge on any atom is -0.478 e. The molecule has 1 saturated heterocycles. The highest BCUT2D eigenvalue weighted by atomic mass is 32.2. The van der Waals surface area contributed by atoms with Crippen LogP contribution in [0, 0.1) is 0 Å². The number of anilines is 1. The molecule has 2 rings (SSSR count). The van der Waals surface area contributed by atoms with E-state index in [1.54, 1.807) is 4.90 Å². The number of hydrogen-bond donors (Lipinski definition) is 1. The number of pyridine rings is 1. The molecule has 2 heterocycles. The van der Waals surface area contributed by atoms with E-state index in [0.717, 1.165) is 6.26 Å². The van der Waals surface area contributed by atoms with Gasteiger partial charge in [-0.05, 0) is 25.0 Å². The first kappa shape index (κ1) is 19.4. The standard InChI is InChI=1S/C14H18F3N3O4S/c1-25(23,24)20(9-14(15,16)17)10-4-7-19(8-5-10)12-11(13(21)22)3-2-6-18-12/h2-3,6,10H,4-5,7-9H2,1H3,(H,21,22). The van der Waals surface area contributed by atoms with Crippen molar-refractivity contribution in [2.75, 3.05) is 30.8 Å². The van der Waals surface area contributed by atoms with Crippen LogP contribution >= 0.6 is 0 Å². The Bertz CT molecular complexity index is 731. The zero-order chi connectivity index (χ0) is 18.8. The average Bonchev–Trinajstić information content (AvgIpc) is 2.51. The van der Waals surface area contributed by atoms with Gasteiger partial charge in [0.05, 0.1) is 6.26 Å². The molecule has 0 radical (unpaired) electrons. The Balaban J connectivity index is 2.14. The Kier molecular flexibility index (Phi) is 5.57. The Hall–Kier alpha value is -1.88. The first-order valence-corrected chi connectivity index (χ1v) is 9.30. The molecule has 1 aliphatic rings. The van der Waals surface area contributed by atoms with Gasteiger partial charge in [0.2, 0.25) is 10.0 Å². The van der Waals surface area contributed by atoms with E-state index in [1.807, 2.05) is 0 Å². The number of rotatable bonds is 5. The Morgan fingerprint density at radius 3 is 2.48 bits per heavy atom. The van der Waals surface area contributed by atoms with Crippen molar-refractivity contribution in [3.63, 3.8) is 0 Å². The number of sulfonamides is 1. The number of piperidine rings is 1. The number of halogens is 3. The Labute approximate surface area is 143 Å². The fourth-order valence-corrected chi connectivity index (χ4v) is 4.01. The number of nitrogens with zero attached hydrogens (tertiary/aromatic N) is 3. The van der Waals surface area contributed by atoms with Gasteiger partial charge in [0.15, 0.2) is 0 Å². The molecule has 1 fully saturated rings. The molecule has 0 bridgehead atoms. The highest BCUT2D eigenvalue weighted by molar-refractivity contribution is 7.88. The molecule has 0 aliphatic carbocycles. The van der Waals surface area contributed by atoms with Crippen molar-refractivity contribution in [2.45, 2.75) is 25.1 Å². The van der Waals surface area contributed by atoms with E-state index >= 15 is 0 Å². The van der Waals surface area contributed by atoms with Gasteiger partial charge >= 0.3 is 12.1 Å². The zero-order valence-corrected chi connectivity index (χ0v) is 14.2. The summed E-state index contributed by atoms with van der Waals surface area (Å²) in [5.41, 5.74) is -0.00351. The SMILES string of the molecule is CS(=O)(=O)N(CC(F)(F)F)C1CCN(c2ncccc2C(=O)O)CC1. The molecular weight excluding hydrogens is 363 g/mol. The molecule has 11 heteroatoms. The van der Waals surface area contributed by atoms with Crippen molar-refractivity contribution in [1.82, 2.24) is 9.29 Å². The van der Waals surface area contributed by atoms with Gasteiger partial charge in [0, 0.05) is 25.3 Å². The molecule has 1 aliphatic heterocycles. The maximum atomic E-state index is 12.7. The topological polar surface area (TPSA) is 90.8 Å². The van der Waals surface area contributed by atoms with E-state index in [0.29, 0.717) is 4.31 Å². The van der Waals surface area contributed by atoms with Gasteiger partial charge in [-0.15, -0.1) is 0 Å². The normalized spacial score (nSPS) is 17.1. The van der Waals surface area contributed by atoms with Crippen LogP contribution in [0.1, 0.15) is 23.2 Å². The molecule has 0 spiro atoms. The van der Waals surface area contributed by atoms with Crippen molar-refractivity contribution in [2.24, 2.45) is 0 Å². The lowest BCUT2D eigenvalue weighted by atomic mass is 10.0. The quantitative estimate of drug-likeness (QED) is 0.833. The second-order valence-electron chi connectivity index (χ2n) is 5.82. The van der Waals surface area contributed by atoms with Crippen molar-refractivity contribution in [3.05, 3.63) is 23.9 Å². The van der Waals surface area contributed by atoms with E-state index in [-0.39, 0.29) is 37.3 Å². The third-order valence-corrected chi connectivity index (χ3v) is 5.23. The minimum atomic E-state index is -4.63. The van der Waals surface area contributed by atoms with Gasteiger partial charge in [-0.1, -0.05) is 0 Å². The van der Waals surface area contributed by atoms with E-state index in [2.05, 4.69) is 4.98 Å². The lowest BCUT2D eigenvalue weighted by Gasteiger charge is -2.38. The molecule has 0 saturated carbocycles. The van der Waals surface area contributed by atoms with Gasteiger partial charge < -0.3 is 10.0 Å². The lowest BCUT2D eigenvalue weighted by Crippen LogP contribution is -2.50. The second kappa shape index (κ2) is 7.16. The first-order valence-electron chi connectivity index (χ1n) is 7.46. The van der Waals surface area contributed by atoms with Crippen LogP contribution in [-0.4, -0.2) is 66.9 Å². The number of carboxylic acid groups (broad SMARTS) is 1. The summed E-state index contributed by atoms with van der Waals surface area (Å²) in [7, 11) is -4.02. The minimum absolute atomic E-state index is 0.00351. The maximum Gasteiger partial charge on any atom is 0.402 e. The summed E-state index contributed by atoms with van der Waals surface area (Å²) >= 11 is 0. The van der Waals surface area contributed by atoms with Crippen LogP contribution in [0.3, 0.4) is 0 Å². The zero-order valence-electron chi connectivity index (χ0n) is 13.4. The van der Waals surface area contributed by atoms with Gasteiger partial charge in [0.1, 0.15) is 17.9 Å². The number of carbonyl (C=O) groups is 1. The summed E-state index contributed by atoms with van der Waals surface area (Å²) in [6.45, 7) is -1.10. The van der Waals surface area contributed by atoms with Crippen LogP contribution in [-0.2, 0) is 10.0 Å². The number of aromatic carboxylic acids is 1. The van der Waals surface area contributed by atoms with Crippen molar-refractivity contribution >= 4 is 21.8 Å². The van der Waals surface area contributed by atoms with Crippen LogP contribution in [0.5, 0.6) is 0 Å². The summed E-state index contributed by atoms with van der Waals surface area (Å²) in [6.07, 6.45) is -2.14. The third kappa shape index (κ3) is 5.05. The summed E-state index contributed by atoms with van der Waals surface area (Å²) in [5.74, 6) is -0.921. The summed E-state index contributed by atoms with van der Waals surface area (Å²) in [6, 6.07) is 2.09. The first-order chi connectivity index (χ1) is 11.5. The van der Waals surface area contributed by atoms with Crippen molar-refractivity contribution < 1.29 is 31.5 Å². The average molecular weight is 381 g/mol. The Morgan fingerprint density at radius 1 is 1.40 bits per heavy atom. The smallest absolute Gasteiger partial charge is 0.402 e. The summed E-state index contributed by atoms with van der Waals surface area (Å²) in [5, 5.41) is 9.19. The fraction of sp³-hybridized carbons (Fsp3) is 0.571. The largest absolute Gasteiger partial charge is 0.478 e. The number of carboxylic acids is 1. The second-order valence-corrected chi connectivity index (χ2v) is 7.76. The van der Waals surface area contributed by atoms with Crippen LogP contribution in [0.2, 0.25) is 0 Å². The molecule has 25 heavy (non-hydrogen) atoms. The van der Waals surface area contributed by atoms with Gasteiger partial charge in [0.25, 0.3) is 0 Å². The number of alkyl halides is 3. The molecule has 7 nitrogen and oxygen atoms in total. The third-order valence-electron chi connectivity index (χ3n) is 3.95. The number of hydrogen-bond acceptors (Lipinski definition) is 5. The molecule has 0 aromatic carbocycles. The molecule has 140 valence electrons. The molecule has 1 aromatic heterocycles. The molecule has 0 unspecified atom stereocenters. The summed E-state index contributed by atoms with van der Waals surface area (Å²) in [4.78, 5) is 16.9. The van der Waals surface area contributed by atoms with Crippen LogP contribution in [0.15, 0.2) is 18.3 Å². The molecule has 0 atom stereocenters. The predicted octanol–water partition coefficient (Wildman–Crippen LogP) is 1.57. The van der Waals surface area contributed by atoms with E-state index < -0.39 is 34.8 Å². The fourth-order valence-electron chi connectivity index (χ4n) is 2.88. The Morgan fingerprint density at radius 2 is 2.00 bits per heavy atom. The lowest BCUT2D eigenvalue weighted by molar-refractivity contribution is -0.139. The molecule has 1 aromatic rings. The molecule has 0 amide bonds. The van der Waals surface area contributed by atoms with Gasteiger partial charge in [-0.2, -0.15) is 17.5 Å². The predicted molar refractivity (Wildman–Crippen MR) is 84.0 cm³/mol. The van der Waals surface area contributed by atoms with Gasteiger partial charge in [-0.25, -0.2) is 18.2 Å². The van der Waals surface area contributed by atoms with Crippen molar-refractivity contribution in [1.29, 1.82) is 0 Å². The highest BCUT2D eigenvalue weighted by Crippen LogP contribution is 2.27. The number of aromatic nitrogens is 1. The van der Waals surface area contributed by atoms with Gasteiger partial charge in [-0.3, -0.25) is 0 Å². The maximum absolute atomic E-state index is 12.7. The highest BCUT2D eigenvalue weighted by Gasteiger charge is 2.39. The molecule has 1 N–H and O–H groups in total. The van der Waals surface area contributed by atoms with Crippen LogP contribution < -0.4 is 4.90 Å². The summed E-state index contributed by atoms with van der Waals surface area (Å²) < 4.78 is 62.0. The van der Waals surface area contributed by atoms with Crippen molar-refractivity contribution in [3.8, 4) is 0 Å². The van der Waals surface area contributed by atoms with Crippen LogP contribution in [0.25, 0.3) is 0 Å². The van der Waals surface area contributed by atoms with E-state index in [9.17, 15) is 31.5 Å². The van der Waals surface area contributed by atoms with E-state index in [1.165, 1.54) is 18.3 Å².